The van der Waals surface area contributed by atoms with Crippen LogP contribution in [0.2, 0.25) is 0 Å². The minimum absolute atomic E-state index is 0.0153. The average molecular weight is 419 g/mol. The molecule has 0 aliphatic carbocycles. The summed E-state index contributed by atoms with van der Waals surface area (Å²) in [5, 5.41) is 0. The molecule has 0 aromatic heterocycles. The molecule has 26 heavy (non-hydrogen) atoms. The molecule has 1 atom stereocenters. The highest BCUT2D eigenvalue weighted by atomic mass is 79.9. The van der Waals surface area contributed by atoms with E-state index in [9.17, 15) is 9.59 Å². The first-order chi connectivity index (χ1) is 12.1. The molecule has 0 saturated heterocycles. The predicted octanol–water partition coefficient (Wildman–Crippen LogP) is 5.18. The van der Waals surface area contributed by atoms with Crippen LogP contribution >= 0.6 is 15.9 Å². The third-order valence-electron chi connectivity index (χ3n) is 4.08. The molecule has 0 radical (unpaired) electrons. The summed E-state index contributed by atoms with van der Waals surface area (Å²) in [6.45, 7) is 7.92. The van der Waals surface area contributed by atoms with E-state index in [0.29, 0.717) is 21.3 Å². The fraction of sp³-hybridized carbons (Fsp3) is 0.333. The summed E-state index contributed by atoms with van der Waals surface area (Å²) >= 11 is 3.33. The largest absolute Gasteiger partial charge is 0.496 e. The highest BCUT2D eigenvalue weighted by Crippen LogP contribution is 2.26. The van der Waals surface area contributed by atoms with Gasteiger partial charge in [-0.1, -0.05) is 45.0 Å². The molecule has 0 heterocycles. The van der Waals surface area contributed by atoms with Crippen molar-refractivity contribution in [3.63, 3.8) is 0 Å². The van der Waals surface area contributed by atoms with Gasteiger partial charge in [-0.05, 0) is 52.0 Å². The number of esters is 1. The van der Waals surface area contributed by atoms with Gasteiger partial charge < -0.3 is 9.47 Å². The van der Waals surface area contributed by atoms with Crippen molar-refractivity contribution in [3.05, 3.63) is 63.6 Å². The van der Waals surface area contributed by atoms with E-state index in [-0.39, 0.29) is 11.2 Å². The van der Waals surface area contributed by atoms with E-state index >= 15 is 0 Å². The van der Waals surface area contributed by atoms with E-state index < -0.39 is 12.1 Å². The number of halogens is 1. The normalized spacial score (nSPS) is 12.4. The summed E-state index contributed by atoms with van der Waals surface area (Å²) in [7, 11) is 1.55. The van der Waals surface area contributed by atoms with Crippen molar-refractivity contribution in [3.8, 4) is 5.75 Å². The Labute approximate surface area is 162 Å². The molecular formula is C21H23BrO4. The number of methoxy groups -OCH3 is 1. The number of rotatable bonds is 5. The number of ketones is 1. The van der Waals surface area contributed by atoms with Gasteiger partial charge in [0.05, 0.1) is 17.1 Å². The molecule has 0 aliphatic rings. The Morgan fingerprint density at radius 1 is 1.00 bits per heavy atom. The Hall–Kier alpha value is -2.14. The van der Waals surface area contributed by atoms with Crippen LogP contribution in [0.5, 0.6) is 5.75 Å². The van der Waals surface area contributed by atoms with E-state index in [0.717, 1.165) is 5.56 Å². The van der Waals surface area contributed by atoms with Gasteiger partial charge >= 0.3 is 5.97 Å². The summed E-state index contributed by atoms with van der Waals surface area (Å²) in [6, 6.07) is 12.3. The zero-order valence-corrected chi connectivity index (χ0v) is 17.2. The molecule has 0 N–H and O–H groups in total. The molecule has 138 valence electrons. The Balaban J connectivity index is 2.08. The minimum Gasteiger partial charge on any atom is -0.496 e. The van der Waals surface area contributed by atoms with Crippen LogP contribution in [0.3, 0.4) is 0 Å². The van der Waals surface area contributed by atoms with Crippen LogP contribution in [-0.4, -0.2) is 25.0 Å². The number of carbonyl (C=O) groups is 2. The fourth-order valence-electron chi connectivity index (χ4n) is 2.44. The van der Waals surface area contributed by atoms with Gasteiger partial charge in [0, 0.05) is 5.56 Å². The van der Waals surface area contributed by atoms with Gasteiger partial charge in [0.25, 0.3) is 0 Å². The highest BCUT2D eigenvalue weighted by Gasteiger charge is 2.22. The Morgan fingerprint density at radius 2 is 1.58 bits per heavy atom. The summed E-state index contributed by atoms with van der Waals surface area (Å²) in [5.41, 5.74) is 2.03. The summed E-state index contributed by atoms with van der Waals surface area (Å²) in [5.74, 6) is -0.170. The zero-order chi connectivity index (χ0) is 19.5. The molecule has 4 nitrogen and oxygen atoms in total. The van der Waals surface area contributed by atoms with Gasteiger partial charge in [-0.2, -0.15) is 0 Å². The van der Waals surface area contributed by atoms with Crippen molar-refractivity contribution in [2.75, 3.05) is 7.11 Å². The van der Waals surface area contributed by atoms with E-state index in [1.807, 2.05) is 12.1 Å². The molecule has 5 heteroatoms. The number of hydrogen-bond acceptors (Lipinski definition) is 4. The maximum Gasteiger partial charge on any atom is 0.338 e. The predicted molar refractivity (Wildman–Crippen MR) is 105 cm³/mol. The maximum absolute atomic E-state index is 12.5. The van der Waals surface area contributed by atoms with E-state index in [1.54, 1.807) is 44.4 Å². The van der Waals surface area contributed by atoms with Crippen LogP contribution in [0.1, 0.15) is 54.0 Å². The van der Waals surface area contributed by atoms with Gasteiger partial charge in [0.15, 0.2) is 6.10 Å². The van der Waals surface area contributed by atoms with Crippen molar-refractivity contribution in [1.29, 1.82) is 0 Å². The smallest absolute Gasteiger partial charge is 0.338 e. The molecule has 2 aromatic rings. The lowest BCUT2D eigenvalue weighted by Crippen LogP contribution is -2.24. The van der Waals surface area contributed by atoms with Crippen molar-refractivity contribution < 1.29 is 19.1 Å². The van der Waals surface area contributed by atoms with Crippen LogP contribution in [0.25, 0.3) is 0 Å². The highest BCUT2D eigenvalue weighted by molar-refractivity contribution is 9.10. The molecule has 0 spiro atoms. The fourth-order valence-corrected chi connectivity index (χ4v) is 2.99. The van der Waals surface area contributed by atoms with Crippen molar-refractivity contribution >= 4 is 27.7 Å². The second-order valence-corrected chi connectivity index (χ2v) is 7.94. The molecule has 0 fully saturated rings. The Morgan fingerprint density at radius 3 is 2.08 bits per heavy atom. The number of Topliss-reactive ketones (excluding diaryl/α,β-unsaturated/α-hetero) is 1. The number of carbonyl (C=O) groups excluding carboxylic acids is 2. The van der Waals surface area contributed by atoms with Crippen LogP contribution in [0, 0.1) is 0 Å². The van der Waals surface area contributed by atoms with E-state index in [2.05, 4.69) is 36.7 Å². The van der Waals surface area contributed by atoms with Crippen molar-refractivity contribution in [2.24, 2.45) is 0 Å². The van der Waals surface area contributed by atoms with E-state index in [1.165, 1.54) is 0 Å². The first-order valence-corrected chi connectivity index (χ1v) is 9.12. The topological polar surface area (TPSA) is 52.6 Å². The average Bonchev–Trinajstić information content (AvgIpc) is 2.60. The molecule has 2 aromatic carbocycles. The van der Waals surface area contributed by atoms with Gasteiger partial charge in [0.1, 0.15) is 5.75 Å². The van der Waals surface area contributed by atoms with Gasteiger partial charge in [-0.25, -0.2) is 4.79 Å². The van der Waals surface area contributed by atoms with Gasteiger partial charge in [0.2, 0.25) is 5.78 Å². The van der Waals surface area contributed by atoms with Crippen LogP contribution in [-0.2, 0) is 10.2 Å². The maximum atomic E-state index is 12.5. The zero-order valence-electron chi connectivity index (χ0n) is 15.6. The molecule has 0 saturated carbocycles. The van der Waals surface area contributed by atoms with E-state index in [4.69, 9.17) is 9.47 Å². The standard InChI is InChI=1S/C21H23BrO4/c1-13(19(23)14-6-9-16(10-7-14)21(2,3)4)26-20(24)15-8-11-18(25-5)17(22)12-15/h6-13H,1-5H3/t13-/m1/s1. The first kappa shape index (κ1) is 20.2. The molecule has 2 rings (SSSR count). The second kappa shape index (κ2) is 8.04. The van der Waals surface area contributed by atoms with Gasteiger partial charge in [-0.3, -0.25) is 4.79 Å². The van der Waals surface area contributed by atoms with Crippen molar-refractivity contribution in [2.45, 2.75) is 39.2 Å². The summed E-state index contributed by atoms with van der Waals surface area (Å²) < 4.78 is 11.1. The number of hydrogen-bond donors (Lipinski definition) is 0. The van der Waals surface area contributed by atoms with Crippen molar-refractivity contribution in [1.82, 2.24) is 0 Å². The van der Waals surface area contributed by atoms with Crippen LogP contribution in [0.4, 0.5) is 0 Å². The Bertz CT molecular complexity index is 804. The monoisotopic (exact) mass is 418 g/mol. The van der Waals surface area contributed by atoms with Gasteiger partial charge in [-0.15, -0.1) is 0 Å². The molecule has 0 aliphatic heterocycles. The van der Waals surface area contributed by atoms with Crippen LogP contribution in [0.15, 0.2) is 46.9 Å². The molecule has 0 amide bonds. The second-order valence-electron chi connectivity index (χ2n) is 7.09. The van der Waals surface area contributed by atoms with Crippen LogP contribution < -0.4 is 4.74 Å². The lowest BCUT2D eigenvalue weighted by molar-refractivity contribution is 0.0318. The lowest BCUT2D eigenvalue weighted by Gasteiger charge is -2.19. The first-order valence-electron chi connectivity index (χ1n) is 8.32. The summed E-state index contributed by atoms with van der Waals surface area (Å²) in [4.78, 5) is 24.8. The third-order valence-corrected chi connectivity index (χ3v) is 4.70. The molecular weight excluding hydrogens is 396 g/mol. The Kier molecular flexibility index (Phi) is 6.24. The quantitative estimate of drug-likeness (QED) is 0.495. The molecule has 0 unspecified atom stereocenters. The third kappa shape index (κ3) is 4.73. The lowest BCUT2D eigenvalue weighted by atomic mass is 9.86. The minimum atomic E-state index is -0.871. The SMILES string of the molecule is COc1ccc(C(=O)O[C@H](C)C(=O)c2ccc(C(C)(C)C)cc2)cc1Br. The number of benzene rings is 2. The number of ether oxygens (including phenoxy) is 2. The summed E-state index contributed by atoms with van der Waals surface area (Å²) in [6.07, 6.45) is -0.871. The molecule has 0 bridgehead atoms.